The lowest BCUT2D eigenvalue weighted by atomic mass is 10.1. The summed E-state index contributed by atoms with van der Waals surface area (Å²) >= 11 is 9.60. The van der Waals surface area contributed by atoms with Crippen molar-refractivity contribution in [2.75, 3.05) is 37.0 Å². The van der Waals surface area contributed by atoms with Crippen LogP contribution in [0.5, 0.6) is 0 Å². The number of hydrogen-bond acceptors (Lipinski definition) is 2. The predicted octanol–water partition coefficient (Wildman–Crippen LogP) is 5.53. The molecule has 0 atom stereocenters. The minimum Gasteiger partial charge on any atom is -0.371 e. The molecule has 1 aromatic rings. The van der Waals surface area contributed by atoms with Crippen LogP contribution in [0.4, 0.5) is 5.69 Å². The summed E-state index contributed by atoms with van der Waals surface area (Å²) in [5.41, 5.74) is 2.78. The molecule has 126 valence electrons. The standard InChI is InChI=1S/C18H30BrClN2/c1-4-10-21(13-9-20)15-16-7-8-17(19)14-18(16)22(11-5-2)12-6-3/h7-8,14H,4-6,9-13,15H2,1-3H3. The van der Waals surface area contributed by atoms with Gasteiger partial charge in [0.05, 0.1) is 0 Å². The van der Waals surface area contributed by atoms with Crippen LogP contribution in [0.25, 0.3) is 0 Å². The summed E-state index contributed by atoms with van der Waals surface area (Å²) in [6.07, 6.45) is 3.51. The molecular weight excluding hydrogens is 360 g/mol. The van der Waals surface area contributed by atoms with Gasteiger partial charge in [-0.1, -0.05) is 42.8 Å². The molecule has 0 aliphatic carbocycles. The van der Waals surface area contributed by atoms with Gasteiger partial charge in [-0.15, -0.1) is 11.6 Å². The number of nitrogens with zero attached hydrogens (tertiary/aromatic N) is 2. The zero-order valence-electron chi connectivity index (χ0n) is 14.2. The molecule has 0 heterocycles. The van der Waals surface area contributed by atoms with Crippen LogP contribution in [-0.4, -0.2) is 37.0 Å². The summed E-state index contributed by atoms with van der Waals surface area (Å²) in [4.78, 5) is 4.97. The molecule has 0 aromatic heterocycles. The summed E-state index contributed by atoms with van der Waals surface area (Å²) in [6, 6.07) is 6.68. The minimum absolute atomic E-state index is 0.694. The fraction of sp³-hybridized carbons (Fsp3) is 0.667. The van der Waals surface area contributed by atoms with Gasteiger partial charge < -0.3 is 4.90 Å². The second-order valence-corrected chi connectivity index (χ2v) is 7.02. The Bertz CT molecular complexity index is 414. The lowest BCUT2D eigenvalue weighted by molar-refractivity contribution is 0.282. The molecule has 2 nitrogen and oxygen atoms in total. The molecule has 22 heavy (non-hydrogen) atoms. The Morgan fingerprint density at radius 2 is 1.59 bits per heavy atom. The Labute approximate surface area is 150 Å². The molecule has 0 saturated carbocycles. The fourth-order valence-corrected chi connectivity index (χ4v) is 3.39. The second-order valence-electron chi connectivity index (χ2n) is 5.73. The molecule has 0 saturated heterocycles. The van der Waals surface area contributed by atoms with Gasteiger partial charge in [0.15, 0.2) is 0 Å². The van der Waals surface area contributed by atoms with Crippen LogP contribution < -0.4 is 4.90 Å². The molecule has 0 radical (unpaired) electrons. The first-order valence-electron chi connectivity index (χ1n) is 8.47. The molecular formula is C18H30BrClN2. The molecule has 1 aromatic carbocycles. The maximum atomic E-state index is 5.97. The van der Waals surface area contributed by atoms with Gasteiger partial charge in [-0.3, -0.25) is 4.90 Å². The smallest absolute Gasteiger partial charge is 0.0423 e. The lowest BCUT2D eigenvalue weighted by Crippen LogP contribution is -2.30. The van der Waals surface area contributed by atoms with Crippen LogP contribution >= 0.6 is 27.5 Å². The molecule has 0 aliphatic heterocycles. The number of alkyl halides is 1. The summed E-state index contributed by atoms with van der Waals surface area (Å²) in [6.45, 7) is 12.0. The van der Waals surface area contributed by atoms with E-state index in [0.717, 1.165) is 43.6 Å². The zero-order valence-corrected chi connectivity index (χ0v) is 16.6. The van der Waals surface area contributed by atoms with Crippen LogP contribution in [0, 0.1) is 0 Å². The highest BCUT2D eigenvalue weighted by atomic mass is 79.9. The Kier molecular flexibility index (Phi) is 10.2. The van der Waals surface area contributed by atoms with Crippen molar-refractivity contribution in [3.05, 3.63) is 28.2 Å². The average molecular weight is 390 g/mol. The summed E-state index contributed by atoms with van der Waals surface area (Å²) in [5.74, 6) is 0.694. The van der Waals surface area contributed by atoms with E-state index in [2.05, 4.69) is 64.7 Å². The van der Waals surface area contributed by atoms with Gasteiger partial charge in [-0.25, -0.2) is 0 Å². The van der Waals surface area contributed by atoms with Crippen molar-refractivity contribution in [1.82, 2.24) is 4.90 Å². The molecule has 0 N–H and O–H groups in total. The van der Waals surface area contributed by atoms with Crippen LogP contribution in [0.3, 0.4) is 0 Å². The first kappa shape index (κ1) is 19.8. The monoisotopic (exact) mass is 388 g/mol. The van der Waals surface area contributed by atoms with Gasteiger partial charge in [0.2, 0.25) is 0 Å². The Morgan fingerprint density at radius 1 is 0.955 bits per heavy atom. The average Bonchev–Trinajstić information content (AvgIpc) is 2.49. The largest absolute Gasteiger partial charge is 0.371 e. The second kappa shape index (κ2) is 11.3. The van der Waals surface area contributed by atoms with Crippen molar-refractivity contribution < 1.29 is 0 Å². The van der Waals surface area contributed by atoms with Crippen LogP contribution in [0.1, 0.15) is 45.6 Å². The van der Waals surface area contributed by atoms with E-state index in [1.165, 1.54) is 24.1 Å². The van der Waals surface area contributed by atoms with E-state index in [4.69, 9.17) is 11.6 Å². The van der Waals surface area contributed by atoms with E-state index in [1.807, 2.05) is 0 Å². The third-order valence-electron chi connectivity index (χ3n) is 3.71. The van der Waals surface area contributed by atoms with E-state index in [-0.39, 0.29) is 0 Å². The Morgan fingerprint density at radius 3 is 2.14 bits per heavy atom. The van der Waals surface area contributed by atoms with Gasteiger partial charge in [0, 0.05) is 42.2 Å². The van der Waals surface area contributed by atoms with Crippen molar-refractivity contribution >= 4 is 33.2 Å². The Hall–Kier alpha value is -0.250. The van der Waals surface area contributed by atoms with Crippen molar-refractivity contribution in [3.63, 3.8) is 0 Å². The van der Waals surface area contributed by atoms with Crippen molar-refractivity contribution in [2.45, 2.75) is 46.6 Å². The zero-order chi connectivity index (χ0) is 16.4. The number of hydrogen-bond donors (Lipinski definition) is 0. The van der Waals surface area contributed by atoms with E-state index in [0.29, 0.717) is 5.88 Å². The highest BCUT2D eigenvalue weighted by molar-refractivity contribution is 9.10. The molecule has 0 spiro atoms. The number of halogens is 2. The molecule has 0 bridgehead atoms. The highest BCUT2D eigenvalue weighted by Gasteiger charge is 2.13. The summed E-state index contributed by atoms with van der Waals surface area (Å²) < 4.78 is 1.16. The van der Waals surface area contributed by atoms with Gasteiger partial charge in [-0.2, -0.15) is 0 Å². The maximum Gasteiger partial charge on any atom is 0.0423 e. The highest BCUT2D eigenvalue weighted by Crippen LogP contribution is 2.27. The molecule has 4 heteroatoms. The quantitative estimate of drug-likeness (QED) is 0.459. The normalized spacial score (nSPS) is 11.2. The number of rotatable bonds is 11. The first-order chi connectivity index (χ1) is 10.7. The lowest BCUT2D eigenvalue weighted by Gasteiger charge is -2.29. The molecule has 0 unspecified atom stereocenters. The third-order valence-corrected chi connectivity index (χ3v) is 4.37. The van der Waals surface area contributed by atoms with Crippen LogP contribution in [0.15, 0.2) is 22.7 Å². The van der Waals surface area contributed by atoms with Gasteiger partial charge >= 0.3 is 0 Å². The Balaban J connectivity index is 3.01. The predicted molar refractivity (Wildman–Crippen MR) is 103 cm³/mol. The summed E-state index contributed by atoms with van der Waals surface area (Å²) in [5, 5.41) is 0. The topological polar surface area (TPSA) is 6.48 Å². The number of benzene rings is 1. The van der Waals surface area contributed by atoms with Gasteiger partial charge in [0.1, 0.15) is 0 Å². The van der Waals surface area contributed by atoms with Crippen LogP contribution in [0.2, 0.25) is 0 Å². The van der Waals surface area contributed by atoms with Crippen molar-refractivity contribution in [1.29, 1.82) is 0 Å². The minimum atomic E-state index is 0.694. The summed E-state index contributed by atoms with van der Waals surface area (Å²) in [7, 11) is 0. The van der Waals surface area contributed by atoms with E-state index in [1.54, 1.807) is 0 Å². The molecule has 0 fully saturated rings. The van der Waals surface area contributed by atoms with Gasteiger partial charge in [-0.05, 0) is 43.5 Å². The van der Waals surface area contributed by atoms with Crippen molar-refractivity contribution in [2.24, 2.45) is 0 Å². The first-order valence-corrected chi connectivity index (χ1v) is 9.80. The third kappa shape index (κ3) is 6.47. The van der Waals surface area contributed by atoms with Gasteiger partial charge in [0.25, 0.3) is 0 Å². The van der Waals surface area contributed by atoms with E-state index < -0.39 is 0 Å². The number of anilines is 1. The van der Waals surface area contributed by atoms with E-state index >= 15 is 0 Å². The fourth-order valence-electron chi connectivity index (χ4n) is 2.80. The van der Waals surface area contributed by atoms with E-state index in [9.17, 15) is 0 Å². The maximum absolute atomic E-state index is 5.97. The van der Waals surface area contributed by atoms with Crippen molar-refractivity contribution in [3.8, 4) is 0 Å². The molecule has 0 amide bonds. The SMILES string of the molecule is CCCN(CCCl)Cc1ccc(Br)cc1N(CCC)CCC. The van der Waals surface area contributed by atoms with Crippen LogP contribution in [-0.2, 0) is 6.54 Å². The molecule has 1 rings (SSSR count). The molecule has 0 aliphatic rings.